The molecule has 8 nitrogen and oxygen atoms in total. The van der Waals surface area contributed by atoms with Gasteiger partial charge in [0.05, 0.1) is 13.2 Å². The maximum Gasteiger partial charge on any atom is 0.460 e. The van der Waals surface area contributed by atoms with Gasteiger partial charge in [-0.25, -0.2) is 49.1 Å². The third kappa shape index (κ3) is 13.4. The second-order valence-corrected chi connectivity index (χ2v) is 10.9. The van der Waals surface area contributed by atoms with Crippen LogP contribution in [0.15, 0.2) is 120 Å². The molecule has 2 unspecified atom stereocenters. The zero-order valence-corrected chi connectivity index (χ0v) is 29.4. The Morgan fingerprint density at radius 2 is 1.05 bits per heavy atom. The molecule has 0 radical (unpaired) electrons. The van der Waals surface area contributed by atoms with Crippen LogP contribution in [-0.4, -0.2) is 69.1 Å². The first-order valence-corrected chi connectivity index (χ1v) is 15.8. The molecule has 0 fully saturated rings. The summed E-state index contributed by atoms with van der Waals surface area (Å²) in [4.78, 5) is 22.8. The number of rotatable bonds is 22. The Kier molecular flexibility index (Phi) is 18.3. The summed E-state index contributed by atoms with van der Waals surface area (Å²) in [5, 5.41) is 0. The molecule has 0 bridgehead atoms. The molecule has 0 aliphatic rings. The van der Waals surface area contributed by atoms with Crippen LogP contribution in [0.3, 0.4) is 0 Å². The van der Waals surface area contributed by atoms with Crippen molar-refractivity contribution >= 4 is 11.9 Å². The molecular formula is C36H27F15O8. The van der Waals surface area contributed by atoms with Gasteiger partial charge in [0.1, 0.15) is 36.3 Å². The Balaban J connectivity index is 2.28. The van der Waals surface area contributed by atoms with E-state index in [9.17, 15) is 71.1 Å². The van der Waals surface area contributed by atoms with E-state index in [0.717, 1.165) is 12.2 Å². The van der Waals surface area contributed by atoms with Crippen LogP contribution in [0.1, 0.15) is 6.42 Å². The van der Waals surface area contributed by atoms with Crippen LogP contribution in [0.2, 0.25) is 0 Å². The van der Waals surface area contributed by atoms with Gasteiger partial charge in [0.2, 0.25) is 23.3 Å². The van der Waals surface area contributed by atoms with E-state index in [-0.39, 0.29) is 29.6 Å². The third-order valence-electron chi connectivity index (χ3n) is 6.75. The van der Waals surface area contributed by atoms with Crippen molar-refractivity contribution in [1.82, 2.24) is 0 Å². The van der Waals surface area contributed by atoms with Crippen molar-refractivity contribution in [3.63, 3.8) is 0 Å². The summed E-state index contributed by atoms with van der Waals surface area (Å²) in [6.45, 7) is 0.543. The highest BCUT2D eigenvalue weighted by atomic mass is 19.4. The summed E-state index contributed by atoms with van der Waals surface area (Å²) in [7, 11) is 0. The molecule has 59 heavy (non-hydrogen) atoms. The van der Waals surface area contributed by atoms with Gasteiger partial charge in [0, 0.05) is 18.8 Å². The molecule has 2 aromatic rings. The Labute approximate surface area is 323 Å². The van der Waals surface area contributed by atoms with Gasteiger partial charge in [-0.05, 0) is 55.0 Å². The number of ether oxygens (including phenoxy) is 6. The molecule has 2 rings (SSSR count). The van der Waals surface area contributed by atoms with Crippen molar-refractivity contribution in [2.45, 2.75) is 30.5 Å². The lowest BCUT2D eigenvalue weighted by Crippen LogP contribution is -2.56. The molecule has 2 aromatic carbocycles. The highest BCUT2D eigenvalue weighted by molar-refractivity contribution is 5.83. The van der Waals surface area contributed by atoms with Gasteiger partial charge in [0.15, 0.2) is 29.4 Å². The Morgan fingerprint density at radius 3 is 1.51 bits per heavy atom. The summed E-state index contributed by atoms with van der Waals surface area (Å²) < 4.78 is 235. The number of carbonyl (C=O) groups is 2. The molecule has 0 aliphatic carbocycles. The maximum absolute atomic E-state index is 15.2. The Bertz CT molecular complexity index is 1920. The van der Waals surface area contributed by atoms with Gasteiger partial charge in [0.25, 0.3) is 0 Å². The lowest BCUT2D eigenvalue weighted by molar-refractivity contribution is -0.375. The van der Waals surface area contributed by atoms with Crippen LogP contribution in [-0.2, 0) is 19.1 Å². The molecular weight excluding hydrogens is 845 g/mol. The average molecular weight is 873 g/mol. The van der Waals surface area contributed by atoms with Crippen molar-refractivity contribution in [2.24, 2.45) is 0 Å². The number of halogens is 15. The highest BCUT2D eigenvalue weighted by Gasteiger charge is 2.75. The Hall–Kier alpha value is -5.71. The first kappa shape index (κ1) is 49.4. The van der Waals surface area contributed by atoms with Crippen LogP contribution in [0.5, 0.6) is 23.0 Å². The van der Waals surface area contributed by atoms with E-state index in [4.69, 9.17) is 23.7 Å². The van der Waals surface area contributed by atoms with Crippen LogP contribution in [0, 0.1) is 0 Å². The lowest BCUT2D eigenvalue weighted by Gasteiger charge is -2.33. The van der Waals surface area contributed by atoms with Crippen LogP contribution in [0.25, 0.3) is 0 Å². The van der Waals surface area contributed by atoms with Gasteiger partial charge >= 0.3 is 29.9 Å². The largest absolute Gasteiger partial charge is 0.490 e. The number of hydrogen-bond donors (Lipinski definition) is 0. The van der Waals surface area contributed by atoms with E-state index in [1.807, 2.05) is 0 Å². The van der Waals surface area contributed by atoms with Crippen molar-refractivity contribution in [3.8, 4) is 23.0 Å². The fourth-order valence-electron chi connectivity index (χ4n) is 3.87. The van der Waals surface area contributed by atoms with E-state index >= 15 is 4.39 Å². The SMILES string of the molecule is C=CC(=O)Oc1ccc(OCC(COCCCOC(F)(/C(F)=C(F)/C(F)=C(F)/C(F)=C(F)/C(F)=C(\F)CF)C(F)(F)C(F)(F)F)Oc2ccc(OC(=O)C=C)cc2)cc1. The number of esters is 2. The number of allylic oxidation sites excluding steroid dienone is 7. The van der Waals surface area contributed by atoms with E-state index < -0.39 is 116 Å². The number of hydrogen-bond acceptors (Lipinski definition) is 8. The number of benzene rings is 2. The molecule has 0 saturated carbocycles. The van der Waals surface area contributed by atoms with E-state index in [2.05, 4.69) is 17.9 Å². The quantitative estimate of drug-likeness (QED) is 0.0289. The van der Waals surface area contributed by atoms with Crippen LogP contribution < -0.4 is 18.9 Å². The smallest absolute Gasteiger partial charge is 0.460 e. The van der Waals surface area contributed by atoms with E-state index in [1.165, 1.54) is 48.5 Å². The minimum atomic E-state index is -7.16. The van der Waals surface area contributed by atoms with Crippen LogP contribution in [0.4, 0.5) is 65.9 Å². The van der Waals surface area contributed by atoms with Crippen LogP contribution >= 0.6 is 0 Å². The average Bonchev–Trinajstić information content (AvgIpc) is 3.21. The minimum Gasteiger partial charge on any atom is -0.490 e. The second kappa shape index (κ2) is 21.9. The fourth-order valence-corrected chi connectivity index (χ4v) is 3.87. The standard InChI is InChI=1S/C36H27F15O8/c1-3-25(52)58-21-8-6-19(7-9-21)55-18-23(57-20-10-12-22(13-11-20)59-26(53)4-2)17-54-14-5-15-56-34(46,35(47,48)36(49,50)51)33(45)32(44)31(43)30(42)29(41)28(40)27(39)24(38)16-37/h3-4,6-13,23H,1-2,5,14-18H2/b27-24+,29-28+,31-30+,33-32+. The third-order valence-corrected chi connectivity index (χ3v) is 6.75. The molecule has 0 heterocycles. The molecule has 0 spiro atoms. The van der Waals surface area contributed by atoms with Gasteiger partial charge in [-0.15, -0.1) is 0 Å². The summed E-state index contributed by atoms with van der Waals surface area (Å²) in [6.07, 6.45) is -7.46. The number of alkyl halides is 7. The van der Waals surface area contributed by atoms with Gasteiger partial charge in [-0.2, -0.15) is 26.3 Å². The summed E-state index contributed by atoms with van der Waals surface area (Å²) >= 11 is 0. The van der Waals surface area contributed by atoms with E-state index in [0.29, 0.717) is 0 Å². The van der Waals surface area contributed by atoms with Crippen molar-refractivity contribution in [3.05, 3.63) is 120 Å². The highest BCUT2D eigenvalue weighted by Crippen LogP contribution is 2.51. The maximum atomic E-state index is 15.2. The summed E-state index contributed by atoms with van der Waals surface area (Å²) in [5.41, 5.74) is 0. The predicted molar refractivity (Wildman–Crippen MR) is 174 cm³/mol. The minimum absolute atomic E-state index is 0.0613. The molecule has 0 amide bonds. The molecule has 0 N–H and O–H groups in total. The molecule has 324 valence electrons. The van der Waals surface area contributed by atoms with Gasteiger partial charge in [-0.1, -0.05) is 13.2 Å². The topological polar surface area (TPSA) is 89.5 Å². The number of carbonyl (C=O) groups excluding carboxylic acids is 2. The molecule has 2 atom stereocenters. The Morgan fingerprint density at radius 1 is 0.610 bits per heavy atom. The lowest BCUT2D eigenvalue weighted by atomic mass is 10.1. The van der Waals surface area contributed by atoms with Crippen molar-refractivity contribution in [2.75, 3.05) is 33.1 Å². The molecule has 0 saturated heterocycles. The first-order valence-electron chi connectivity index (χ1n) is 15.8. The zero-order chi connectivity index (χ0) is 44.7. The van der Waals surface area contributed by atoms with E-state index in [1.54, 1.807) is 0 Å². The van der Waals surface area contributed by atoms with Crippen molar-refractivity contribution < 1.29 is 104 Å². The molecule has 23 heteroatoms. The summed E-state index contributed by atoms with van der Waals surface area (Å²) in [5.74, 6) is -43.5. The second-order valence-electron chi connectivity index (χ2n) is 10.9. The van der Waals surface area contributed by atoms with Gasteiger partial charge in [-0.3, -0.25) is 0 Å². The zero-order valence-electron chi connectivity index (χ0n) is 29.4. The molecule has 0 aliphatic heterocycles. The normalized spacial score (nSPS) is 15.3. The van der Waals surface area contributed by atoms with Crippen molar-refractivity contribution in [1.29, 1.82) is 0 Å². The summed E-state index contributed by atoms with van der Waals surface area (Å²) in [6, 6.07) is 10.6. The molecule has 0 aromatic heterocycles. The first-order chi connectivity index (χ1) is 27.5. The predicted octanol–water partition coefficient (Wildman–Crippen LogP) is 10.6. The monoisotopic (exact) mass is 872 g/mol. The fraction of sp³-hybridized carbons (Fsp3) is 0.278. The van der Waals surface area contributed by atoms with Gasteiger partial charge < -0.3 is 28.4 Å².